The molecule has 0 spiro atoms. The number of halogens is 1. The summed E-state index contributed by atoms with van der Waals surface area (Å²) < 4.78 is 6.05. The maximum Gasteiger partial charge on any atom is 0.244 e. The van der Waals surface area contributed by atoms with Gasteiger partial charge in [-0.25, -0.2) is 0 Å². The number of hydrogen-bond donors (Lipinski definition) is 3. The topological polar surface area (TPSA) is 99.4 Å². The van der Waals surface area contributed by atoms with E-state index in [-0.39, 0.29) is 35.9 Å². The Morgan fingerprint density at radius 2 is 1.85 bits per heavy atom. The Morgan fingerprint density at radius 1 is 1.13 bits per heavy atom. The van der Waals surface area contributed by atoms with Gasteiger partial charge in [-0.15, -0.1) is 0 Å². The number of carbonyl (C=O) groups excluding carboxylic acids is 2. The molecule has 39 heavy (non-hydrogen) atoms. The summed E-state index contributed by atoms with van der Waals surface area (Å²) in [6.07, 6.45) is 5.90. The summed E-state index contributed by atoms with van der Waals surface area (Å²) in [6, 6.07) is 4.95. The molecule has 2 aliphatic heterocycles. The molecule has 2 aromatic heterocycles. The van der Waals surface area contributed by atoms with Crippen LogP contribution in [0.2, 0.25) is 5.02 Å². The smallest absolute Gasteiger partial charge is 0.244 e. The van der Waals surface area contributed by atoms with Crippen molar-refractivity contribution in [3.05, 3.63) is 35.6 Å². The van der Waals surface area contributed by atoms with Crippen molar-refractivity contribution in [2.24, 2.45) is 5.92 Å². The van der Waals surface area contributed by atoms with Crippen molar-refractivity contribution in [3.8, 4) is 0 Å². The first-order valence-corrected chi connectivity index (χ1v) is 14.1. The van der Waals surface area contributed by atoms with Gasteiger partial charge in [0.15, 0.2) is 0 Å². The van der Waals surface area contributed by atoms with Crippen LogP contribution < -0.4 is 10.6 Å². The monoisotopic (exact) mass is 553 g/mol. The second-order valence-corrected chi connectivity index (χ2v) is 13.7. The average Bonchev–Trinajstić information content (AvgIpc) is 3.15. The van der Waals surface area contributed by atoms with Gasteiger partial charge in [0.05, 0.1) is 41.7 Å². The van der Waals surface area contributed by atoms with Crippen molar-refractivity contribution < 1.29 is 14.3 Å². The molecule has 4 heterocycles. The number of amides is 1. The van der Waals surface area contributed by atoms with Crippen molar-refractivity contribution in [1.29, 1.82) is 0 Å². The standard InChI is InChI=1S/C30H40ClN5O3/c1-28(2)12-18(13-29(3,4)35-28)9-20(37)15-36-17-30(5,6)39-16-25(36)27(38)34-23-11-19(31)10-22-21-7-8-32-14-24(21)33-26(22)23/h7-8,10-11,14,18,25,33,35H,9,12-13,15-17H2,1-6H3,(H,34,38)/t25-/m0/s1. The Kier molecular flexibility index (Phi) is 7.29. The number of nitrogens with zero attached hydrogens (tertiary/aromatic N) is 2. The molecule has 9 heteroatoms. The number of fused-ring (bicyclic) bond motifs is 3. The van der Waals surface area contributed by atoms with E-state index in [4.69, 9.17) is 16.3 Å². The van der Waals surface area contributed by atoms with E-state index in [1.807, 2.05) is 30.9 Å². The van der Waals surface area contributed by atoms with Gasteiger partial charge >= 0.3 is 0 Å². The van der Waals surface area contributed by atoms with Crippen LogP contribution in [0.4, 0.5) is 5.69 Å². The molecule has 5 rings (SSSR count). The Balaban J connectivity index is 1.34. The SMILES string of the molecule is CC1(C)CC(CC(=O)CN2CC(C)(C)OC[C@H]2C(=O)Nc2cc(Cl)cc3c2[nH]c2cnccc23)CC(C)(C)N1. The Morgan fingerprint density at radius 3 is 2.56 bits per heavy atom. The van der Waals surface area contributed by atoms with E-state index in [0.29, 0.717) is 29.6 Å². The molecule has 0 aliphatic carbocycles. The largest absolute Gasteiger partial charge is 0.372 e. The first-order chi connectivity index (χ1) is 18.2. The van der Waals surface area contributed by atoms with E-state index in [9.17, 15) is 9.59 Å². The van der Waals surface area contributed by atoms with Crippen LogP contribution in [0, 0.1) is 5.92 Å². The summed E-state index contributed by atoms with van der Waals surface area (Å²) in [4.78, 5) is 36.6. The molecule has 0 bridgehead atoms. The molecule has 1 aromatic carbocycles. The van der Waals surface area contributed by atoms with Gasteiger partial charge in [0, 0.05) is 46.0 Å². The van der Waals surface area contributed by atoms with Gasteiger partial charge in [-0.3, -0.25) is 19.5 Å². The minimum Gasteiger partial charge on any atom is -0.372 e. The van der Waals surface area contributed by atoms with Crippen molar-refractivity contribution in [2.75, 3.05) is 25.0 Å². The third-order valence-corrected chi connectivity index (χ3v) is 8.08. The zero-order valence-electron chi connectivity index (χ0n) is 23.8. The molecule has 3 N–H and O–H groups in total. The first kappa shape index (κ1) is 28.0. The summed E-state index contributed by atoms with van der Waals surface area (Å²) in [6.45, 7) is 13.7. The number of H-pyrrole nitrogens is 1. The van der Waals surface area contributed by atoms with Gasteiger partial charge in [-0.2, -0.15) is 0 Å². The fraction of sp³-hybridized carbons (Fsp3) is 0.567. The highest BCUT2D eigenvalue weighted by atomic mass is 35.5. The minimum absolute atomic E-state index is 0.0168. The molecule has 3 aromatic rings. The molecule has 2 saturated heterocycles. The van der Waals surface area contributed by atoms with Crippen LogP contribution in [0.25, 0.3) is 21.8 Å². The van der Waals surface area contributed by atoms with E-state index in [1.165, 1.54) is 0 Å². The minimum atomic E-state index is -0.594. The number of hydrogen-bond acceptors (Lipinski definition) is 6. The quantitative estimate of drug-likeness (QED) is 0.383. The molecule has 8 nitrogen and oxygen atoms in total. The molecule has 2 fully saturated rings. The number of anilines is 1. The van der Waals surface area contributed by atoms with Crippen molar-refractivity contribution in [1.82, 2.24) is 20.2 Å². The molecular weight excluding hydrogens is 514 g/mol. The van der Waals surface area contributed by atoms with Gasteiger partial charge in [-0.05, 0) is 78.5 Å². The zero-order chi connectivity index (χ0) is 28.2. The third kappa shape index (κ3) is 6.30. The number of nitrogens with one attached hydrogen (secondary N) is 3. The number of benzene rings is 1. The lowest BCUT2D eigenvalue weighted by molar-refractivity contribution is -0.146. The maximum atomic E-state index is 13.7. The second-order valence-electron chi connectivity index (χ2n) is 13.3. The van der Waals surface area contributed by atoms with Crippen LogP contribution in [0.3, 0.4) is 0 Å². The predicted octanol–water partition coefficient (Wildman–Crippen LogP) is 5.30. The third-order valence-electron chi connectivity index (χ3n) is 7.86. The van der Waals surface area contributed by atoms with Gasteiger partial charge in [0.2, 0.25) is 5.91 Å². The number of morpholine rings is 1. The van der Waals surface area contributed by atoms with E-state index < -0.39 is 11.6 Å². The first-order valence-electron chi connectivity index (χ1n) is 13.8. The van der Waals surface area contributed by atoms with Crippen molar-refractivity contribution >= 4 is 50.8 Å². The number of rotatable bonds is 6. The fourth-order valence-corrected chi connectivity index (χ4v) is 7.10. The van der Waals surface area contributed by atoms with Crippen LogP contribution in [0.1, 0.15) is 60.8 Å². The molecule has 0 unspecified atom stereocenters. The summed E-state index contributed by atoms with van der Waals surface area (Å²) in [5, 5.41) is 9.19. The zero-order valence-corrected chi connectivity index (χ0v) is 24.5. The number of Topliss-reactive ketones (excluding diaryl/α,β-unsaturated/α-hetero) is 1. The Labute approximate surface area is 235 Å². The van der Waals surface area contributed by atoms with Crippen LogP contribution in [-0.4, -0.2) is 69.0 Å². The van der Waals surface area contributed by atoms with Gasteiger partial charge in [-0.1, -0.05) is 11.6 Å². The van der Waals surface area contributed by atoms with Gasteiger partial charge < -0.3 is 20.4 Å². The highest BCUT2D eigenvalue weighted by molar-refractivity contribution is 6.33. The lowest BCUT2D eigenvalue weighted by Gasteiger charge is -2.47. The van der Waals surface area contributed by atoms with Gasteiger partial charge in [0.1, 0.15) is 11.8 Å². The van der Waals surface area contributed by atoms with Crippen LogP contribution in [0.5, 0.6) is 0 Å². The lowest BCUT2D eigenvalue weighted by Crippen LogP contribution is -2.60. The summed E-state index contributed by atoms with van der Waals surface area (Å²) >= 11 is 6.45. The van der Waals surface area contributed by atoms with Crippen molar-refractivity contribution in [3.63, 3.8) is 0 Å². The predicted molar refractivity (Wildman–Crippen MR) is 156 cm³/mol. The van der Waals surface area contributed by atoms with E-state index in [2.05, 4.69) is 48.3 Å². The number of aromatic amines is 1. The van der Waals surface area contributed by atoms with Crippen molar-refractivity contribution in [2.45, 2.75) is 83.5 Å². The van der Waals surface area contributed by atoms with E-state index in [0.717, 1.165) is 34.6 Å². The highest BCUT2D eigenvalue weighted by Gasteiger charge is 2.41. The average molecular weight is 554 g/mol. The molecule has 1 atom stereocenters. The molecular formula is C30H40ClN5O3. The molecule has 0 saturated carbocycles. The number of ketones is 1. The van der Waals surface area contributed by atoms with Crippen LogP contribution in [0.15, 0.2) is 30.6 Å². The second kappa shape index (κ2) is 10.1. The lowest BCUT2D eigenvalue weighted by atomic mass is 9.74. The molecule has 1 amide bonds. The molecule has 2 aliphatic rings. The summed E-state index contributed by atoms with van der Waals surface area (Å²) in [5.74, 6) is 0.251. The fourth-order valence-electron chi connectivity index (χ4n) is 6.89. The van der Waals surface area contributed by atoms with E-state index in [1.54, 1.807) is 18.5 Å². The van der Waals surface area contributed by atoms with Gasteiger partial charge in [0.25, 0.3) is 0 Å². The van der Waals surface area contributed by atoms with E-state index >= 15 is 0 Å². The summed E-state index contributed by atoms with van der Waals surface area (Å²) in [5.41, 5.74) is 1.75. The normalized spacial score (nSPS) is 23.2. The maximum absolute atomic E-state index is 13.7. The Bertz CT molecular complexity index is 1400. The number of piperidine rings is 1. The number of ether oxygens (including phenoxy) is 1. The number of aromatic nitrogens is 2. The molecule has 210 valence electrons. The van der Waals surface area contributed by atoms with Crippen LogP contribution in [-0.2, 0) is 14.3 Å². The van der Waals surface area contributed by atoms with Crippen LogP contribution >= 0.6 is 11.6 Å². The number of pyridine rings is 1. The Hall–Kier alpha value is -2.52. The summed E-state index contributed by atoms with van der Waals surface area (Å²) in [7, 11) is 0. The number of carbonyl (C=O) groups is 2. The molecule has 0 radical (unpaired) electrons. The highest BCUT2D eigenvalue weighted by Crippen LogP contribution is 2.36.